The van der Waals surface area contributed by atoms with Gasteiger partial charge in [-0.2, -0.15) is 0 Å². The van der Waals surface area contributed by atoms with E-state index in [1.165, 1.54) is 0 Å². The largest absolute Gasteiger partial charge is 0.462 e. The normalized spacial score (nSPS) is 9.86. The number of esters is 1. The third-order valence-electron chi connectivity index (χ3n) is 2.06. The Morgan fingerprint density at radius 1 is 1.43 bits per heavy atom. The molecule has 0 saturated heterocycles. The van der Waals surface area contributed by atoms with Crippen molar-refractivity contribution in [3.8, 4) is 0 Å². The maximum absolute atomic E-state index is 11.5. The van der Waals surface area contributed by atoms with E-state index >= 15 is 0 Å². The van der Waals surface area contributed by atoms with Crippen molar-refractivity contribution < 1.29 is 9.53 Å². The number of hydrogen-bond donors (Lipinski definition) is 1. The van der Waals surface area contributed by atoms with Crippen LogP contribution < -0.4 is 5.73 Å². The first-order valence-corrected chi connectivity index (χ1v) is 4.75. The fourth-order valence-electron chi connectivity index (χ4n) is 1.40. The predicted octanol–water partition coefficient (Wildman–Crippen LogP) is 2.01. The summed E-state index contributed by atoms with van der Waals surface area (Å²) in [7, 11) is 0. The number of carbonyl (C=O) groups is 1. The summed E-state index contributed by atoms with van der Waals surface area (Å²) in [5.74, 6) is -0.295. The first-order valence-electron chi connectivity index (χ1n) is 4.75. The summed E-state index contributed by atoms with van der Waals surface area (Å²) < 4.78 is 4.93. The van der Waals surface area contributed by atoms with Gasteiger partial charge < -0.3 is 10.5 Å². The first-order chi connectivity index (χ1) is 6.70. The van der Waals surface area contributed by atoms with Crippen LogP contribution in [0.2, 0.25) is 0 Å². The van der Waals surface area contributed by atoms with E-state index < -0.39 is 0 Å². The minimum Gasteiger partial charge on any atom is -0.462 e. The van der Waals surface area contributed by atoms with Crippen molar-refractivity contribution in [3.63, 3.8) is 0 Å². The lowest BCUT2D eigenvalue weighted by atomic mass is 10.0. The second-order valence-corrected chi connectivity index (χ2v) is 2.95. The van der Waals surface area contributed by atoms with Crippen LogP contribution in [0, 0.1) is 0 Å². The SMILES string of the molecule is CCOC(=O)c1cccc(N)c1CC. The fraction of sp³-hybridized carbons (Fsp3) is 0.364. The summed E-state index contributed by atoms with van der Waals surface area (Å²) in [6.07, 6.45) is 0.737. The van der Waals surface area contributed by atoms with Crippen LogP contribution >= 0.6 is 0 Å². The molecule has 0 atom stereocenters. The number of rotatable bonds is 3. The molecule has 14 heavy (non-hydrogen) atoms. The Morgan fingerprint density at radius 3 is 2.71 bits per heavy atom. The summed E-state index contributed by atoms with van der Waals surface area (Å²) in [5.41, 5.74) is 7.85. The van der Waals surface area contributed by atoms with Crippen LogP contribution in [0.25, 0.3) is 0 Å². The summed E-state index contributed by atoms with van der Waals surface area (Å²) in [5, 5.41) is 0. The van der Waals surface area contributed by atoms with Gasteiger partial charge in [0.05, 0.1) is 12.2 Å². The van der Waals surface area contributed by atoms with Crippen molar-refractivity contribution in [2.75, 3.05) is 12.3 Å². The Balaban J connectivity index is 3.07. The monoisotopic (exact) mass is 193 g/mol. The van der Waals surface area contributed by atoms with E-state index in [1.807, 2.05) is 6.92 Å². The average molecular weight is 193 g/mol. The van der Waals surface area contributed by atoms with E-state index in [2.05, 4.69) is 0 Å². The van der Waals surface area contributed by atoms with Crippen LogP contribution in [0.1, 0.15) is 29.8 Å². The smallest absolute Gasteiger partial charge is 0.338 e. The van der Waals surface area contributed by atoms with E-state index in [-0.39, 0.29) is 5.97 Å². The predicted molar refractivity (Wildman–Crippen MR) is 56.2 cm³/mol. The van der Waals surface area contributed by atoms with Crippen LogP contribution in [0.15, 0.2) is 18.2 Å². The topological polar surface area (TPSA) is 52.3 Å². The molecule has 0 heterocycles. The summed E-state index contributed by atoms with van der Waals surface area (Å²) in [6.45, 7) is 4.14. The van der Waals surface area contributed by atoms with Crippen molar-refractivity contribution >= 4 is 11.7 Å². The van der Waals surface area contributed by atoms with Crippen LogP contribution in [-0.2, 0) is 11.2 Å². The lowest BCUT2D eigenvalue weighted by molar-refractivity contribution is 0.0525. The molecule has 0 bridgehead atoms. The van der Waals surface area contributed by atoms with Gasteiger partial charge in [0.2, 0.25) is 0 Å². The van der Waals surface area contributed by atoms with Gasteiger partial charge in [0, 0.05) is 5.69 Å². The minimum absolute atomic E-state index is 0.295. The minimum atomic E-state index is -0.295. The van der Waals surface area contributed by atoms with Crippen molar-refractivity contribution in [2.45, 2.75) is 20.3 Å². The zero-order chi connectivity index (χ0) is 10.6. The Labute approximate surface area is 83.9 Å². The van der Waals surface area contributed by atoms with Crippen LogP contribution in [0.5, 0.6) is 0 Å². The van der Waals surface area contributed by atoms with Gasteiger partial charge >= 0.3 is 5.97 Å². The standard InChI is InChI=1S/C11H15NO2/c1-3-8-9(11(13)14-4-2)6-5-7-10(8)12/h5-7H,3-4,12H2,1-2H3. The summed E-state index contributed by atoms with van der Waals surface area (Å²) >= 11 is 0. The molecule has 0 aliphatic heterocycles. The summed E-state index contributed by atoms with van der Waals surface area (Å²) in [6, 6.07) is 5.30. The lowest BCUT2D eigenvalue weighted by Crippen LogP contribution is -2.09. The van der Waals surface area contributed by atoms with Crippen molar-refractivity contribution in [1.29, 1.82) is 0 Å². The maximum atomic E-state index is 11.5. The van der Waals surface area contributed by atoms with E-state index in [9.17, 15) is 4.79 Å². The number of benzene rings is 1. The average Bonchev–Trinajstić information content (AvgIpc) is 2.17. The van der Waals surface area contributed by atoms with Gasteiger partial charge in [-0.05, 0) is 31.0 Å². The van der Waals surface area contributed by atoms with Gasteiger partial charge in [0.15, 0.2) is 0 Å². The zero-order valence-corrected chi connectivity index (χ0v) is 8.54. The second-order valence-electron chi connectivity index (χ2n) is 2.95. The molecule has 0 radical (unpaired) electrons. The molecule has 76 valence electrons. The Morgan fingerprint density at radius 2 is 2.14 bits per heavy atom. The highest BCUT2D eigenvalue weighted by molar-refractivity contribution is 5.92. The molecular weight excluding hydrogens is 178 g/mol. The Bertz CT molecular complexity index is 334. The summed E-state index contributed by atoms with van der Waals surface area (Å²) in [4.78, 5) is 11.5. The van der Waals surface area contributed by atoms with Gasteiger partial charge in [0.1, 0.15) is 0 Å². The molecule has 3 nitrogen and oxygen atoms in total. The number of hydrogen-bond acceptors (Lipinski definition) is 3. The Kier molecular flexibility index (Phi) is 3.51. The second kappa shape index (κ2) is 4.65. The molecule has 0 saturated carbocycles. The third-order valence-corrected chi connectivity index (χ3v) is 2.06. The van der Waals surface area contributed by atoms with Gasteiger partial charge in [0.25, 0.3) is 0 Å². The molecule has 0 unspecified atom stereocenters. The molecule has 0 aliphatic carbocycles. The number of nitrogens with two attached hydrogens (primary N) is 1. The van der Waals surface area contributed by atoms with E-state index in [0.717, 1.165) is 12.0 Å². The van der Waals surface area contributed by atoms with Gasteiger partial charge in [-0.3, -0.25) is 0 Å². The third kappa shape index (κ3) is 2.05. The highest BCUT2D eigenvalue weighted by Crippen LogP contribution is 2.18. The van der Waals surface area contributed by atoms with Crippen LogP contribution in [-0.4, -0.2) is 12.6 Å². The molecule has 1 rings (SSSR count). The number of anilines is 1. The number of carbonyl (C=O) groups excluding carboxylic acids is 1. The molecule has 0 fully saturated rings. The van der Waals surface area contributed by atoms with Crippen LogP contribution in [0.4, 0.5) is 5.69 Å². The van der Waals surface area contributed by atoms with Gasteiger partial charge in [-0.1, -0.05) is 13.0 Å². The molecular formula is C11H15NO2. The van der Waals surface area contributed by atoms with E-state index in [4.69, 9.17) is 10.5 Å². The number of ether oxygens (including phenoxy) is 1. The maximum Gasteiger partial charge on any atom is 0.338 e. The molecule has 0 amide bonds. The molecule has 3 heteroatoms. The molecule has 0 aromatic heterocycles. The van der Waals surface area contributed by atoms with E-state index in [0.29, 0.717) is 17.9 Å². The zero-order valence-electron chi connectivity index (χ0n) is 8.54. The molecule has 0 aliphatic rings. The highest BCUT2D eigenvalue weighted by atomic mass is 16.5. The molecule has 0 spiro atoms. The van der Waals surface area contributed by atoms with Gasteiger partial charge in [-0.15, -0.1) is 0 Å². The van der Waals surface area contributed by atoms with E-state index in [1.54, 1.807) is 25.1 Å². The van der Waals surface area contributed by atoms with Crippen molar-refractivity contribution in [3.05, 3.63) is 29.3 Å². The first kappa shape index (κ1) is 10.6. The molecule has 1 aromatic carbocycles. The number of nitrogen functional groups attached to an aromatic ring is 1. The Hall–Kier alpha value is -1.51. The van der Waals surface area contributed by atoms with Crippen molar-refractivity contribution in [1.82, 2.24) is 0 Å². The molecule has 2 N–H and O–H groups in total. The van der Waals surface area contributed by atoms with Gasteiger partial charge in [-0.25, -0.2) is 4.79 Å². The molecule has 1 aromatic rings. The quantitative estimate of drug-likeness (QED) is 0.590. The van der Waals surface area contributed by atoms with Crippen LogP contribution in [0.3, 0.4) is 0 Å². The van der Waals surface area contributed by atoms with Crippen molar-refractivity contribution in [2.24, 2.45) is 0 Å². The highest BCUT2D eigenvalue weighted by Gasteiger charge is 2.12. The lowest BCUT2D eigenvalue weighted by Gasteiger charge is -2.09. The fourth-order valence-corrected chi connectivity index (χ4v) is 1.40.